The van der Waals surface area contributed by atoms with Gasteiger partial charge in [0.2, 0.25) is 5.75 Å². The van der Waals surface area contributed by atoms with E-state index in [2.05, 4.69) is 0 Å². The first-order valence-electron chi connectivity index (χ1n) is 7.60. The molecule has 0 N–H and O–H groups in total. The molecule has 1 saturated heterocycles. The maximum absolute atomic E-state index is 12.7. The number of benzene rings is 1. The lowest BCUT2D eigenvalue weighted by molar-refractivity contribution is 0.0725. The summed E-state index contributed by atoms with van der Waals surface area (Å²) in [7, 11) is 1.41. The predicted molar refractivity (Wildman–Crippen MR) is 89.9 cm³/mol. The third kappa shape index (κ3) is 3.75. The van der Waals surface area contributed by atoms with Crippen molar-refractivity contribution in [2.24, 2.45) is 0 Å². The van der Waals surface area contributed by atoms with Gasteiger partial charge in [0.1, 0.15) is 9.84 Å². The van der Waals surface area contributed by atoms with E-state index in [9.17, 15) is 13.2 Å². The molecule has 0 atom stereocenters. The molecule has 7 nitrogen and oxygen atoms in total. The van der Waals surface area contributed by atoms with Crippen molar-refractivity contribution in [1.82, 2.24) is 4.90 Å². The molecule has 1 aromatic carbocycles. The minimum absolute atomic E-state index is 0.179. The Morgan fingerprint density at radius 3 is 1.92 bits per heavy atom. The summed E-state index contributed by atoms with van der Waals surface area (Å²) >= 11 is 0. The van der Waals surface area contributed by atoms with E-state index in [-0.39, 0.29) is 11.2 Å². The number of amides is 1. The normalized spacial score (nSPS) is 15.9. The minimum atomic E-state index is -3.06. The molecule has 0 radical (unpaired) electrons. The average molecular weight is 357 g/mol. The highest BCUT2D eigenvalue weighted by atomic mass is 32.2. The van der Waals surface area contributed by atoms with Gasteiger partial charge in [0.15, 0.2) is 11.5 Å². The molecule has 8 heteroatoms. The van der Waals surface area contributed by atoms with Crippen molar-refractivity contribution < 1.29 is 27.4 Å². The van der Waals surface area contributed by atoms with Crippen molar-refractivity contribution in [1.29, 1.82) is 0 Å². The van der Waals surface area contributed by atoms with Crippen LogP contribution < -0.4 is 14.2 Å². The number of sulfone groups is 1. The summed E-state index contributed by atoms with van der Waals surface area (Å²) in [4.78, 5) is 14.4. The minimum Gasteiger partial charge on any atom is -0.493 e. The van der Waals surface area contributed by atoms with Crippen LogP contribution in [0.1, 0.15) is 23.2 Å². The molecule has 1 aliphatic heterocycles. The maximum Gasteiger partial charge on any atom is 0.254 e. The van der Waals surface area contributed by atoms with Crippen LogP contribution >= 0.6 is 0 Å². The molecule has 0 aliphatic carbocycles. The number of nitrogens with zero attached hydrogens (tertiary/aromatic N) is 1. The summed E-state index contributed by atoms with van der Waals surface area (Å²) in [5.41, 5.74) is 0.419. The number of ether oxygens (including phenoxy) is 3. The second kappa shape index (κ2) is 7.29. The number of carbonyl (C=O) groups is 1. The molecule has 24 heavy (non-hydrogen) atoms. The highest BCUT2D eigenvalue weighted by Gasteiger charge is 2.30. The van der Waals surface area contributed by atoms with E-state index < -0.39 is 9.84 Å². The van der Waals surface area contributed by atoms with E-state index in [1.807, 2.05) is 0 Å². The lowest BCUT2D eigenvalue weighted by Gasteiger charge is -2.31. The van der Waals surface area contributed by atoms with E-state index in [0.29, 0.717) is 48.7 Å². The van der Waals surface area contributed by atoms with Gasteiger partial charge < -0.3 is 19.1 Å². The highest BCUT2D eigenvalue weighted by molar-refractivity contribution is 7.91. The molecule has 1 heterocycles. The third-order valence-electron chi connectivity index (χ3n) is 4.25. The number of carbonyl (C=O) groups excluding carboxylic acids is 1. The molecule has 134 valence electrons. The SMILES string of the molecule is COc1cc(C(=O)N2CCC(S(C)(=O)=O)CC2)cc(OC)c1OC. The molecule has 0 bridgehead atoms. The fourth-order valence-corrected chi connectivity index (χ4v) is 3.94. The van der Waals surface area contributed by atoms with Crippen LogP contribution in [0.4, 0.5) is 0 Å². The lowest BCUT2D eigenvalue weighted by Crippen LogP contribution is -2.42. The van der Waals surface area contributed by atoms with Crippen LogP contribution in [-0.2, 0) is 9.84 Å². The molecule has 2 rings (SSSR count). The van der Waals surface area contributed by atoms with Crippen LogP contribution in [0.3, 0.4) is 0 Å². The molecule has 1 aromatic rings. The van der Waals surface area contributed by atoms with Crippen molar-refractivity contribution in [3.05, 3.63) is 17.7 Å². The zero-order chi connectivity index (χ0) is 17.9. The Balaban J connectivity index is 2.22. The summed E-state index contributed by atoms with van der Waals surface area (Å²) in [6.45, 7) is 0.820. The van der Waals surface area contributed by atoms with E-state index in [1.165, 1.54) is 27.6 Å². The molecule has 1 amide bonds. The van der Waals surface area contributed by atoms with Crippen molar-refractivity contribution in [3.63, 3.8) is 0 Å². The summed E-state index contributed by atoms with van der Waals surface area (Å²) in [6.07, 6.45) is 2.15. The van der Waals surface area contributed by atoms with Gasteiger partial charge in [-0.15, -0.1) is 0 Å². The van der Waals surface area contributed by atoms with Crippen LogP contribution in [0, 0.1) is 0 Å². The Labute approximate surface area is 142 Å². The Hall–Kier alpha value is -1.96. The van der Waals surface area contributed by atoms with Gasteiger partial charge in [-0.25, -0.2) is 8.42 Å². The van der Waals surface area contributed by atoms with Gasteiger partial charge in [-0.2, -0.15) is 0 Å². The van der Waals surface area contributed by atoms with Crippen molar-refractivity contribution in [2.45, 2.75) is 18.1 Å². The molecule has 0 saturated carbocycles. The first-order chi connectivity index (χ1) is 11.3. The van der Waals surface area contributed by atoms with Crippen LogP contribution in [0.25, 0.3) is 0 Å². The predicted octanol–water partition coefficient (Wildman–Crippen LogP) is 1.36. The summed E-state index contributed by atoms with van der Waals surface area (Å²) < 4.78 is 39.0. The second-order valence-electron chi connectivity index (χ2n) is 5.74. The van der Waals surface area contributed by atoms with Crippen molar-refractivity contribution in [2.75, 3.05) is 40.7 Å². The Kier molecular flexibility index (Phi) is 5.58. The number of hydrogen-bond acceptors (Lipinski definition) is 6. The van der Waals surface area contributed by atoms with Crippen molar-refractivity contribution >= 4 is 15.7 Å². The Morgan fingerprint density at radius 2 is 1.54 bits per heavy atom. The van der Waals surface area contributed by atoms with Gasteiger partial charge in [0, 0.05) is 24.9 Å². The third-order valence-corrected chi connectivity index (χ3v) is 5.93. The first kappa shape index (κ1) is 18.4. The molecule has 0 spiro atoms. The van der Waals surface area contributed by atoms with Gasteiger partial charge >= 0.3 is 0 Å². The fraction of sp³-hybridized carbons (Fsp3) is 0.562. The van der Waals surface area contributed by atoms with E-state index >= 15 is 0 Å². The van der Waals surface area contributed by atoms with Gasteiger partial charge in [-0.1, -0.05) is 0 Å². The van der Waals surface area contributed by atoms with Gasteiger partial charge in [0.25, 0.3) is 5.91 Å². The lowest BCUT2D eigenvalue weighted by atomic mass is 10.1. The molecular formula is C16H23NO6S. The number of hydrogen-bond donors (Lipinski definition) is 0. The number of likely N-dealkylation sites (tertiary alicyclic amines) is 1. The molecular weight excluding hydrogens is 334 g/mol. The van der Waals surface area contributed by atoms with E-state index in [1.54, 1.807) is 17.0 Å². The molecule has 1 aliphatic rings. The Bertz CT molecular complexity index is 682. The summed E-state index contributed by atoms with van der Waals surface area (Å²) in [6, 6.07) is 3.21. The second-order valence-corrected chi connectivity index (χ2v) is 8.06. The molecule has 0 unspecified atom stereocenters. The monoisotopic (exact) mass is 357 g/mol. The Morgan fingerprint density at radius 1 is 1.04 bits per heavy atom. The topological polar surface area (TPSA) is 82.1 Å². The zero-order valence-corrected chi connectivity index (χ0v) is 15.2. The summed E-state index contributed by atoms with van der Waals surface area (Å²) in [5.74, 6) is 1.06. The highest BCUT2D eigenvalue weighted by Crippen LogP contribution is 2.38. The molecule has 0 aromatic heterocycles. The van der Waals surface area contributed by atoms with Gasteiger partial charge in [-0.3, -0.25) is 4.79 Å². The van der Waals surface area contributed by atoms with Crippen molar-refractivity contribution in [3.8, 4) is 17.2 Å². The first-order valence-corrected chi connectivity index (χ1v) is 9.55. The fourth-order valence-electron chi connectivity index (χ4n) is 2.87. The summed E-state index contributed by atoms with van der Waals surface area (Å²) in [5, 5.41) is -0.374. The standard InChI is InChI=1S/C16H23NO6S/c1-21-13-9-11(10-14(22-2)15(13)23-3)16(18)17-7-5-12(6-8-17)24(4,19)20/h9-10,12H,5-8H2,1-4H3. The molecule has 1 fully saturated rings. The van der Waals surface area contributed by atoms with Crippen LogP contribution in [0.5, 0.6) is 17.2 Å². The van der Waals surface area contributed by atoms with E-state index in [4.69, 9.17) is 14.2 Å². The quantitative estimate of drug-likeness (QED) is 0.791. The maximum atomic E-state index is 12.7. The van der Waals surface area contributed by atoms with Crippen LogP contribution in [0.2, 0.25) is 0 Å². The smallest absolute Gasteiger partial charge is 0.254 e. The zero-order valence-electron chi connectivity index (χ0n) is 14.4. The van der Waals surface area contributed by atoms with Gasteiger partial charge in [0.05, 0.1) is 26.6 Å². The van der Waals surface area contributed by atoms with Crippen LogP contribution in [-0.4, -0.2) is 65.1 Å². The van der Waals surface area contributed by atoms with Gasteiger partial charge in [-0.05, 0) is 25.0 Å². The van der Waals surface area contributed by atoms with E-state index in [0.717, 1.165) is 0 Å². The number of methoxy groups -OCH3 is 3. The average Bonchev–Trinajstić information content (AvgIpc) is 2.59. The van der Waals surface area contributed by atoms with Crippen LogP contribution in [0.15, 0.2) is 12.1 Å². The number of rotatable bonds is 5. The largest absolute Gasteiger partial charge is 0.493 e. The number of piperidine rings is 1.